The average molecular weight is 368 g/mol. The van der Waals surface area contributed by atoms with Crippen LogP contribution in [0.5, 0.6) is 0 Å². The molecular weight excluding hydrogens is 330 g/mol. The molecule has 0 spiro atoms. The Morgan fingerprint density at radius 3 is 2.31 bits per heavy atom. The van der Waals surface area contributed by atoms with Crippen molar-refractivity contribution < 1.29 is 14.3 Å². The zero-order chi connectivity index (χ0) is 19.0. The smallest absolute Gasteiger partial charge is 0.410 e. The molecule has 2 amide bonds. The molecule has 2 aliphatic heterocycles. The molecule has 1 N–H and O–H groups in total. The lowest BCUT2D eigenvalue weighted by molar-refractivity contribution is -0.127. The van der Waals surface area contributed by atoms with Gasteiger partial charge in [-0.1, -0.05) is 12.8 Å². The van der Waals surface area contributed by atoms with Gasteiger partial charge in [0.15, 0.2) is 0 Å². The summed E-state index contributed by atoms with van der Waals surface area (Å²) < 4.78 is 5.47. The summed E-state index contributed by atoms with van der Waals surface area (Å²) in [5.41, 5.74) is -0.539. The van der Waals surface area contributed by atoms with Crippen LogP contribution >= 0.6 is 0 Å². The number of rotatable bonds is 5. The quantitative estimate of drug-likeness (QED) is 0.758. The number of carbonyl (C=O) groups is 2. The minimum Gasteiger partial charge on any atom is -0.444 e. The van der Waals surface area contributed by atoms with Gasteiger partial charge < -0.3 is 15.0 Å². The molecule has 6 heteroatoms. The summed E-state index contributed by atoms with van der Waals surface area (Å²) in [6.45, 7) is 10.2. The molecule has 0 radical (unpaired) electrons. The molecule has 0 saturated carbocycles. The van der Waals surface area contributed by atoms with Crippen molar-refractivity contribution in [2.24, 2.45) is 0 Å². The number of hydrogen-bond acceptors (Lipinski definition) is 4. The van der Waals surface area contributed by atoms with E-state index < -0.39 is 11.6 Å². The molecule has 150 valence electrons. The Morgan fingerprint density at radius 2 is 1.65 bits per heavy atom. The molecule has 2 saturated heterocycles. The summed E-state index contributed by atoms with van der Waals surface area (Å²) in [7, 11) is 0. The van der Waals surface area contributed by atoms with Crippen molar-refractivity contribution in [1.29, 1.82) is 0 Å². The number of ether oxygens (including phenoxy) is 1. The average Bonchev–Trinajstić information content (AvgIpc) is 2.86. The standard InChI is InChI=1S/C20H37N3O3/c1-20(2,3)26-19(25)23-16-9-6-11-17(23)18(24)21-12-10-15-22-13-7-4-5-8-14-22/h17H,4-16H2,1-3H3,(H,21,24). The van der Waals surface area contributed by atoms with Crippen molar-refractivity contribution in [2.75, 3.05) is 32.7 Å². The van der Waals surface area contributed by atoms with E-state index >= 15 is 0 Å². The first-order valence-electron chi connectivity index (χ1n) is 10.4. The first-order chi connectivity index (χ1) is 12.4. The second kappa shape index (κ2) is 10.1. The molecule has 1 unspecified atom stereocenters. The van der Waals surface area contributed by atoms with Crippen LogP contribution in [0, 0.1) is 0 Å². The predicted molar refractivity (Wildman–Crippen MR) is 103 cm³/mol. The monoisotopic (exact) mass is 367 g/mol. The third kappa shape index (κ3) is 7.14. The maximum absolute atomic E-state index is 12.6. The summed E-state index contributed by atoms with van der Waals surface area (Å²) in [6, 6.07) is -0.392. The zero-order valence-electron chi connectivity index (χ0n) is 16.9. The lowest BCUT2D eigenvalue weighted by Crippen LogP contribution is -2.53. The maximum atomic E-state index is 12.6. The van der Waals surface area contributed by atoms with Gasteiger partial charge in [0.05, 0.1) is 0 Å². The number of piperidine rings is 1. The van der Waals surface area contributed by atoms with Crippen molar-refractivity contribution in [1.82, 2.24) is 15.1 Å². The van der Waals surface area contributed by atoms with Gasteiger partial charge in [0.25, 0.3) is 0 Å². The molecular formula is C20H37N3O3. The van der Waals surface area contributed by atoms with E-state index in [1.807, 2.05) is 20.8 Å². The van der Waals surface area contributed by atoms with Crippen molar-refractivity contribution in [3.05, 3.63) is 0 Å². The molecule has 26 heavy (non-hydrogen) atoms. The van der Waals surface area contributed by atoms with Gasteiger partial charge in [0, 0.05) is 13.1 Å². The van der Waals surface area contributed by atoms with Crippen LogP contribution in [0.2, 0.25) is 0 Å². The lowest BCUT2D eigenvalue weighted by atomic mass is 10.0. The molecule has 0 bridgehead atoms. The highest BCUT2D eigenvalue weighted by Crippen LogP contribution is 2.20. The van der Waals surface area contributed by atoms with Gasteiger partial charge in [-0.15, -0.1) is 0 Å². The Morgan fingerprint density at radius 1 is 1.00 bits per heavy atom. The molecule has 0 aliphatic carbocycles. The van der Waals surface area contributed by atoms with Gasteiger partial charge in [-0.3, -0.25) is 9.69 Å². The molecule has 0 aromatic heterocycles. The lowest BCUT2D eigenvalue weighted by Gasteiger charge is -2.35. The van der Waals surface area contributed by atoms with E-state index in [0.717, 1.165) is 32.2 Å². The number of likely N-dealkylation sites (tertiary alicyclic amines) is 2. The fourth-order valence-corrected chi connectivity index (χ4v) is 3.74. The number of hydrogen-bond donors (Lipinski definition) is 1. The van der Waals surface area contributed by atoms with Gasteiger partial charge in [-0.2, -0.15) is 0 Å². The fraction of sp³-hybridized carbons (Fsp3) is 0.900. The highest BCUT2D eigenvalue weighted by molar-refractivity contribution is 5.85. The maximum Gasteiger partial charge on any atom is 0.410 e. The summed E-state index contributed by atoms with van der Waals surface area (Å²) >= 11 is 0. The molecule has 6 nitrogen and oxygen atoms in total. The van der Waals surface area contributed by atoms with E-state index in [0.29, 0.717) is 13.1 Å². The molecule has 0 aromatic carbocycles. The highest BCUT2D eigenvalue weighted by atomic mass is 16.6. The van der Waals surface area contributed by atoms with Crippen molar-refractivity contribution in [3.8, 4) is 0 Å². The number of carbonyl (C=O) groups excluding carboxylic acids is 2. The number of nitrogens with one attached hydrogen (secondary N) is 1. The van der Waals surface area contributed by atoms with Crippen LogP contribution in [0.1, 0.15) is 72.1 Å². The second-order valence-corrected chi connectivity index (χ2v) is 8.59. The van der Waals surface area contributed by atoms with Crippen LogP contribution in [0.15, 0.2) is 0 Å². The molecule has 1 atom stereocenters. The summed E-state index contributed by atoms with van der Waals surface area (Å²) in [6.07, 6.45) is 8.48. The minimum absolute atomic E-state index is 0.0357. The third-order valence-electron chi connectivity index (χ3n) is 5.08. The molecule has 2 heterocycles. The third-order valence-corrected chi connectivity index (χ3v) is 5.08. The van der Waals surface area contributed by atoms with Crippen molar-refractivity contribution in [2.45, 2.75) is 83.8 Å². The topological polar surface area (TPSA) is 61.9 Å². The van der Waals surface area contributed by atoms with Crippen molar-refractivity contribution >= 4 is 12.0 Å². The van der Waals surface area contributed by atoms with Crippen LogP contribution < -0.4 is 5.32 Å². The second-order valence-electron chi connectivity index (χ2n) is 8.59. The number of amides is 2. The first kappa shape index (κ1) is 21.0. The van der Waals surface area contributed by atoms with Gasteiger partial charge in [0.2, 0.25) is 5.91 Å². The van der Waals surface area contributed by atoms with E-state index in [2.05, 4.69) is 10.2 Å². The van der Waals surface area contributed by atoms with Crippen LogP contribution in [-0.2, 0) is 9.53 Å². The van der Waals surface area contributed by atoms with E-state index in [1.54, 1.807) is 4.90 Å². The Hall–Kier alpha value is -1.30. The van der Waals surface area contributed by atoms with Crippen LogP contribution in [0.3, 0.4) is 0 Å². The van der Waals surface area contributed by atoms with Crippen LogP contribution in [0.25, 0.3) is 0 Å². The normalized spacial score (nSPS) is 22.6. The Kier molecular flexibility index (Phi) is 8.19. The van der Waals surface area contributed by atoms with Crippen LogP contribution in [0.4, 0.5) is 4.79 Å². The SMILES string of the molecule is CC(C)(C)OC(=O)N1CCCCC1C(=O)NCCCN1CCCCCC1. The molecule has 2 fully saturated rings. The Bertz CT molecular complexity index is 454. The van der Waals surface area contributed by atoms with Crippen molar-refractivity contribution in [3.63, 3.8) is 0 Å². The predicted octanol–water partition coefficient (Wildman–Crippen LogP) is 3.16. The largest absolute Gasteiger partial charge is 0.444 e. The Balaban J connectivity index is 1.75. The summed E-state index contributed by atoms with van der Waals surface area (Å²) in [4.78, 5) is 29.1. The van der Waals surface area contributed by atoms with Gasteiger partial charge in [-0.05, 0) is 78.9 Å². The van der Waals surface area contributed by atoms with E-state index in [-0.39, 0.29) is 12.0 Å². The minimum atomic E-state index is -0.539. The van der Waals surface area contributed by atoms with E-state index in [1.165, 1.54) is 38.8 Å². The van der Waals surface area contributed by atoms with Crippen LogP contribution in [-0.4, -0.2) is 66.2 Å². The van der Waals surface area contributed by atoms with Gasteiger partial charge >= 0.3 is 6.09 Å². The number of nitrogens with zero attached hydrogens (tertiary/aromatic N) is 2. The molecule has 2 aliphatic rings. The Labute approximate surface area is 158 Å². The fourth-order valence-electron chi connectivity index (χ4n) is 3.74. The first-order valence-corrected chi connectivity index (χ1v) is 10.4. The molecule has 2 rings (SSSR count). The zero-order valence-corrected chi connectivity index (χ0v) is 16.9. The van der Waals surface area contributed by atoms with Gasteiger partial charge in [0.1, 0.15) is 11.6 Å². The van der Waals surface area contributed by atoms with E-state index in [9.17, 15) is 9.59 Å². The van der Waals surface area contributed by atoms with E-state index in [4.69, 9.17) is 4.74 Å². The summed E-state index contributed by atoms with van der Waals surface area (Å²) in [5.74, 6) is -0.0357. The van der Waals surface area contributed by atoms with Gasteiger partial charge in [-0.25, -0.2) is 4.79 Å². The summed E-state index contributed by atoms with van der Waals surface area (Å²) in [5, 5.41) is 3.04. The molecule has 0 aromatic rings. The highest BCUT2D eigenvalue weighted by Gasteiger charge is 2.34.